The summed E-state index contributed by atoms with van der Waals surface area (Å²) in [5, 5.41) is 17.1. The van der Waals surface area contributed by atoms with Crippen LogP contribution in [0.2, 0.25) is 0 Å². The van der Waals surface area contributed by atoms with E-state index in [9.17, 15) is 4.79 Å². The number of hydrogen-bond acceptors (Lipinski definition) is 8. The van der Waals surface area contributed by atoms with Crippen molar-refractivity contribution in [2.75, 3.05) is 18.4 Å². The van der Waals surface area contributed by atoms with Gasteiger partial charge in [-0.3, -0.25) is 14.5 Å². The zero-order valence-corrected chi connectivity index (χ0v) is 17.8. The van der Waals surface area contributed by atoms with Crippen LogP contribution < -0.4 is 5.32 Å². The van der Waals surface area contributed by atoms with Gasteiger partial charge in [-0.25, -0.2) is 4.98 Å². The standard InChI is InChI=1S/C20H24N8OS/c1-3-18-25-26-20(30-18)24-17-12-21-16(11-22-17)14-5-4-10-28(13-14)19(29)7-6-15-8-9-23-27(15)2/h6-9,11-12,14H,3-5,10,13H2,1-2H3,(H,22,24,26)/b7-6+. The van der Waals surface area contributed by atoms with Crippen molar-refractivity contribution in [3.8, 4) is 0 Å². The average molecular weight is 425 g/mol. The second-order valence-electron chi connectivity index (χ2n) is 7.14. The van der Waals surface area contributed by atoms with Gasteiger partial charge in [0.05, 0.1) is 23.8 Å². The normalized spacial score (nSPS) is 16.9. The van der Waals surface area contributed by atoms with Crippen LogP contribution in [0, 0.1) is 0 Å². The van der Waals surface area contributed by atoms with Gasteiger partial charge in [-0.05, 0) is 31.4 Å². The number of aromatic nitrogens is 6. The molecular formula is C20H24N8OS. The van der Waals surface area contributed by atoms with Crippen LogP contribution in [-0.4, -0.2) is 53.8 Å². The number of rotatable bonds is 6. The number of anilines is 2. The number of amides is 1. The van der Waals surface area contributed by atoms with Gasteiger partial charge in [-0.15, -0.1) is 10.2 Å². The summed E-state index contributed by atoms with van der Waals surface area (Å²) >= 11 is 1.51. The first kappa shape index (κ1) is 20.1. The molecule has 10 heteroatoms. The van der Waals surface area contributed by atoms with Gasteiger partial charge in [0.25, 0.3) is 0 Å². The van der Waals surface area contributed by atoms with Gasteiger partial charge >= 0.3 is 0 Å². The first-order chi connectivity index (χ1) is 14.6. The Morgan fingerprint density at radius 3 is 2.93 bits per heavy atom. The van der Waals surface area contributed by atoms with E-state index in [0.29, 0.717) is 17.5 Å². The molecule has 9 nitrogen and oxygen atoms in total. The topological polar surface area (TPSA) is 102 Å². The van der Waals surface area contributed by atoms with Crippen molar-refractivity contribution in [1.29, 1.82) is 0 Å². The first-order valence-electron chi connectivity index (χ1n) is 9.98. The minimum Gasteiger partial charge on any atom is -0.338 e. The van der Waals surface area contributed by atoms with Gasteiger partial charge in [0.1, 0.15) is 5.01 Å². The number of carbonyl (C=O) groups excluding carboxylic acids is 1. The van der Waals surface area contributed by atoms with Gasteiger partial charge in [0.15, 0.2) is 5.82 Å². The molecule has 1 atom stereocenters. The molecule has 0 aliphatic carbocycles. The van der Waals surface area contributed by atoms with Gasteiger partial charge in [-0.2, -0.15) is 5.10 Å². The molecule has 3 aromatic rings. The molecule has 1 fully saturated rings. The summed E-state index contributed by atoms with van der Waals surface area (Å²) in [5.41, 5.74) is 1.80. The lowest BCUT2D eigenvalue weighted by Crippen LogP contribution is -2.38. The fourth-order valence-corrected chi connectivity index (χ4v) is 4.08. The molecule has 1 aliphatic rings. The van der Waals surface area contributed by atoms with Crippen LogP contribution in [-0.2, 0) is 18.3 Å². The zero-order valence-electron chi connectivity index (χ0n) is 17.0. The highest BCUT2D eigenvalue weighted by Gasteiger charge is 2.25. The smallest absolute Gasteiger partial charge is 0.246 e. The number of nitrogens with one attached hydrogen (secondary N) is 1. The van der Waals surface area contributed by atoms with E-state index in [1.165, 1.54) is 11.3 Å². The fourth-order valence-electron chi connectivity index (χ4n) is 3.40. The molecule has 3 aromatic heterocycles. The van der Waals surface area contributed by atoms with Crippen LogP contribution in [0.5, 0.6) is 0 Å². The van der Waals surface area contributed by atoms with Crippen LogP contribution in [0.4, 0.5) is 10.9 Å². The van der Waals surface area contributed by atoms with E-state index in [-0.39, 0.29) is 11.8 Å². The van der Waals surface area contributed by atoms with Gasteiger partial charge in [0, 0.05) is 38.3 Å². The third-order valence-corrected chi connectivity index (χ3v) is 6.07. The molecule has 1 saturated heterocycles. The Hall–Kier alpha value is -3.14. The van der Waals surface area contributed by atoms with Gasteiger partial charge < -0.3 is 10.2 Å². The minimum absolute atomic E-state index is 0.00939. The molecule has 30 heavy (non-hydrogen) atoms. The van der Waals surface area contributed by atoms with E-state index < -0.39 is 0 Å². The lowest BCUT2D eigenvalue weighted by atomic mass is 9.95. The van der Waals surface area contributed by atoms with Crippen molar-refractivity contribution < 1.29 is 4.79 Å². The Kier molecular flexibility index (Phi) is 6.12. The average Bonchev–Trinajstić information content (AvgIpc) is 3.41. The zero-order chi connectivity index (χ0) is 20.9. The summed E-state index contributed by atoms with van der Waals surface area (Å²) in [6, 6.07) is 1.87. The maximum Gasteiger partial charge on any atom is 0.246 e. The molecule has 1 amide bonds. The van der Waals surface area contributed by atoms with Gasteiger partial charge in [0.2, 0.25) is 11.0 Å². The molecule has 1 unspecified atom stereocenters. The Bertz CT molecular complexity index is 1030. The van der Waals surface area contributed by atoms with Crippen molar-refractivity contribution in [2.24, 2.45) is 7.05 Å². The second-order valence-corrected chi connectivity index (χ2v) is 8.20. The summed E-state index contributed by atoms with van der Waals surface area (Å²) < 4.78 is 1.73. The van der Waals surface area contributed by atoms with Crippen LogP contribution in [0.1, 0.15) is 42.1 Å². The van der Waals surface area contributed by atoms with E-state index in [4.69, 9.17) is 0 Å². The van der Waals surface area contributed by atoms with E-state index in [1.807, 2.05) is 24.9 Å². The fraction of sp³-hybridized carbons (Fsp3) is 0.400. The van der Waals surface area contributed by atoms with Gasteiger partial charge in [-0.1, -0.05) is 18.3 Å². The summed E-state index contributed by atoms with van der Waals surface area (Å²) in [5.74, 6) is 0.832. The second kappa shape index (κ2) is 9.12. The van der Waals surface area contributed by atoms with Crippen molar-refractivity contribution in [3.63, 3.8) is 0 Å². The summed E-state index contributed by atoms with van der Waals surface area (Å²) in [4.78, 5) is 23.5. The largest absolute Gasteiger partial charge is 0.338 e. The summed E-state index contributed by atoms with van der Waals surface area (Å²) in [7, 11) is 1.85. The molecule has 1 aliphatic heterocycles. The Morgan fingerprint density at radius 1 is 1.33 bits per heavy atom. The molecule has 0 saturated carbocycles. The molecule has 0 bridgehead atoms. The van der Waals surface area contributed by atoms with E-state index in [1.54, 1.807) is 35.4 Å². The molecule has 1 N–H and O–H groups in total. The number of carbonyl (C=O) groups is 1. The Labute approximate surface area is 178 Å². The van der Waals surface area contributed by atoms with E-state index in [0.717, 1.165) is 42.2 Å². The molecule has 4 rings (SSSR count). The number of likely N-dealkylation sites (tertiary alicyclic amines) is 1. The molecule has 156 valence electrons. The highest BCUT2D eigenvalue weighted by Crippen LogP contribution is 2.26. The van der Waals surface area contributed by atoms with Crippen molar-refractivity contribution in [3.05, 3.63) is 47.1 Å². The Balaban J connectivity index is 1.37. The third-order valence-electron chi connectivity index (χ3n) is 5.08. The number of piperidine rings is 1. The van der Waals surface area contributed by atoms with Crippen LogP contribution >= 0.6 is 11.3 Å². The maximum atomic E-state index is 12.6. The third kappa shape index (κ3) is 4.70. The van der Waals surface area contributed by atoms with E-state index in [2.05, 4.69) is 30.6 Å². The highest BCUT2D eigenvalue weighted by atomic mass is 32.1. The molecule has 4 heterocycles. The first-order valence-corrected chi connectivity index (χ1v) is 10.8. The molecule has 0 spiro atoms. The quantitative estimate of drug-likeness (QED) is 0.607. The summed E-state index contributed by atoms with van der Waals surface area (Å²) in [6.45, 7) is 3.45. The minimum atomic E-state index is 0.00939. The lowest BCUT2D eigenvalue weighted by Gasteiger charge is -2.31. The van der Waals surface area contributed by atoms with Crippen molar-refractivity contribution in [1.82, 2.24) is 34.8 Å². The summed E-state index contributed by atoms with van der Waals surface area (Å²) in [6.07, 6.45) is 11.4. The molecular weight excluding hydrogens is 400 g/mol. The molecule has 0 radical (unpaired) electrons. The monoisotopic (exact) mass is 424 g/mol. The lowest BCUT2D eigenvalue weighted by molar-refractivity contribution is -0.127. The molecule has 0 aromatic carbocycles. The van der Waals surface area contributed by atoms with Crippen LogP contribution in [0.25, 0.3) is 6.08 Å². The van der Waals surface area contributed by atoms with Crippen LogP contribution in [0.3, 0.4) is 0 Å². The van der Waals surface area contributed by atoms with Crippen molar-refractivity contribution >= 4 is 34.3 Å². The van der Waals surface area contributed by atoms with E-state index >= 15 is 0 Å². The predicted octanol–water partition coefficient (Wildman–Crippen LogP) is 2.79. The number of nitrogens with zero attached hydrogens (tertiary/aromatic N) is 7. The Morgan fingerprint density at radius 2 is 2.23 bits per heavy atom. The maximum absolute atomic E-state index is 12.6. The highest BCUT2D eigenvalue weighted by molar-refractivity contribution is 7.15. The van der Waals surface area contributed by atoms with Crippen LogP contribution in [0.15, 0.2) is 30.7 Å². The van der Waals surface area contributed by atoms with Crippen molar-refractivity contribution in [2.45, 2.75) is 32.1 Å². The number of aryl methyl sites for hydroxylation is 2. The number of hydrogen-bond donors (Lipinski definition) is 1. The predicted molar refractivity (Wildman–Crippen MR) is 115 cm³/mol. The SMILES string of the molecule is CCc1nnc(Nc2cnc(C3CCCN(C(=O)/C=C/c4ccnn4C)C3)cn2)s1.